The van der Waals surface area contributed by atoms with Crippen LogP contribution in [-0.4, -0.2) is 42.8 Å². The van der Waals surface area contributed by atoms with Gasteiger partial charge in [-0.05, 0) is 52.3 Å². The molecular weight excluding hydrogens is 264 g/mol. The van der Waals surface area contributed by atoms with E-state index in [4.69, 9.17) is 4.74 Å². The van der Waals surface area contributed by atoms with Crippen molar-refractivity contribution in [3.63, 3.8) is 0 Å². The first-order valence-electron chi connectivity index (χ1n) is 7.85. The van der Waals surface area contributed by atoms with E-state index in [9.17, 15) is 5.11 Å². The zero-order chi connectivity index (χ0) is 15.4. The van der Waals surface area contributed by atoms with Crippen molar-refractivity contribution in [2.24, 2.45) is 5.92 Å². The number of phenols is 1. The Kier molecular flexibility index (Phi) is 5.48. The molecule has 1 aliphatic rings. The Morgan fingerprint density at radius 3 is 2.71 bits per heavy atom. The van der Waals surface area contributed by atoms with Gasteiger partial charge in [-0.2, -0.15) is 0 Å². The third-order valence-electron chi connectivity index (χ3n) is 4.46. The Morgan fingerprint density at radius 2 is 2.14 bits per heavy atom. The second kappa shape index (κ2) is 7.14. The molecule has 4 heteroatoms. The first-order valence-corrected chi connectivity index (χ1v) is 7.85. The summed E-state index contributed by atoms with van der Waals surface area (Å²) in [6, 6.07) is 6.27. The van der Waals surface area contributed by atoms with Crippen molar-refractivity contribution in [2.75, 3.05) is 26.7 Å². The van der Waals surface area contributed by atoms with Gasteiger partial charge in [-0.15, -0.1) is 0 Å². The first kappa shape index (κ1) is 16.1. The lowest BCUT2D eigenvalue weighted by Gasteiger charge is -2.21. The van der Waals surface area contributed by atoms with Crippen molar-refractivity contribution in [1.82, 2.24) is 10.2 Å². The highest BCUT2D eigenvalue weighted by molar-refractivity contribution is 5.41. The van der Waals surface area contributed by atoms with Crippen LogP contribution in [0.5, 0.6) is 11.5 Å². The maximum atomic E-state index is 10.1. The van der Waals surface area contributed by atoms with Crippen LogP contribution in [0.3, 0.4) is 0 Å². The maximum absolute atomic E-state index is 10.1. The average molecular weight is 292 g/mol. The predicted molar refractivity (Wildman–Crippen MR) is 85.9 cm³/mol. The molecule has 2 unspecified atom stereocenters. The van der Waals surface area contributed by atoms with Crippen LogP contribution in [-0.2, 0) is 0 Å². The third-order valence-corrected chi connectivity index (χ3v) is 4.46. The van der Waals surface area contributed by atoms with E-state index in [1.807, 2.05) is 12.1 Å². The van der Waals surface area contributed by atoms with Crippen LogP contribution in [0.15, 0.2) is 18.2 Å². The van der Waals surface area contributed by atoms with Crippen molar-refractivity contribution < 1.29 is 9.84 Å². The number of nitrogens with one attached hydrogen (secondary N) is 1. The molecule has 0 saturated carbocycles. The van der Waals surface area contributed by atoms with E-state index in [1.165, 1.54) is 19.5 Å². The van der Waals surface area contributed by atoms with Crippen molar-refractivity contribution in [2.45, 2.75) is 39.3 Å². The number of aromatic hydroxyl groups is 1. The molecule has 0 bridgehead atoms. The molecule has 2 rings (SSSR count). The third kappa shape index (κ3) is 4.11. The molecule has 21 heavy (non-hydrogen) atoms. The lowest BCUT2D eigenvalue weighted by atomic mass is 10.0. The molecule has 2 atom stereocenters. The van der Waals surface area contributed by atoms with Crippen molar-refractivity contribution >= 4 is 0 Å². The zero-order valence-corrected chi connectivity index (χ0v) is 13.6. The predicted octanol–water partition coefficient (Wildman–Crippen LogP) is 2.78. The van der Waals surface area contributed by atoms with E-state index in [1.54, 1.807) is 13.2 Å². The van der Waals surface area contributed by atoms with E-state index in [0.717, 1.165) is 12.1 Å². The molecular formula is C17H28N2O2. The maximum Gasteiger partial charge on any atom is 0.124 e. The number of ether oxygens (including phenoxy) is 1. The highest BCUT2D eigenvalue weighted by atomic mass is 16.5. The molecule has 1 saturated heterocycles. The fourth-order valence-corrected chi connectivity index (χ4v) is 2.97. The van der Waals surface area contributed by atoms with Crippen LogP contribution in [0.25, 0.3) is 0 Å². The number of nitrogens with zero attached hydrogens (tertiary/aromatic N) is 1. The quantitative estimate of drug-likeness (QED) is 0.846. The van der Waals surface area contributed by atoms with E-state index in [0.29, 0.717) is 23.5 Å². The van der Waals surface area contributed by atoms with Crippen LogP contribution in [0.4, 0.5) is 0 Å². The van der Waals surface area contributed by atoms with Crippen molar-refractivity contribution in [1.29, 1.82) is 0 Å². The van der Waals surface area contributed by atoms with E-state index >= 15 is 0 Å². The second-order valence-electron chi connectivity index (χ2n) is 6.30. The molecule has 0 aromatic heterocycles. The van der Waals surface area contributed by atoms with Gasteiger partial charge in [0.15, 0.2) is 0 Å². The Labute approximate surface area is 128 Å². The van der Waals surface area contributed by atoms with Gasteiger partial charge in [0.05, 0.1) is 7.11 Å². The highest BCUT2D eigenvalue weighted by Gasteiger charge is 2.24. The van der Waals surface area contributed by atoms with Gasteiger partial charge in [0.1, 0.15) is 11.5 Å². The average Bonchev–Trinajstić information content (AvgIpc) is 2.93. The first-order chi connectivity index (χ1) is 10.0. The summed E-state index contributed by atoms with van der Waals surface area (Å²) >= 11 is 0. The lowest BCUT2D eigenvalue weighted by molar-refractivity contribution is 0.263. The summed E-state index contributed by atoms with van der Waals surface area (Å²) in [5.74, 6) is 1.69. The van der Waals surface area contributed by atoms with E-state index in [2.05, 4.69) is 31.0 Å². The van der Waals surface area contributed by atoms with E-state index < -0.39 is 0 Å². The Hall–Kier alpha value is -1.26. The Bertz CT molecular complexity index is 462. The molecule has 4 nitrogen and oxygen atoms in total. The summed E-state index contributed by atoms with van der Waals surface area (Å²) in [5.41, 5.74) is 0.925. The largest absolute Gasteiger partial charge is 0.507 e. The lowest BCUT2D eigenvalue weighted by Crippen LogP contribution is -2.31. The van der Waals surface area contributed by atoms with Crippen molar-refractivity contribution in [3.05, 3.63) is 23.8 Å². The van der Waals surface area contributed by atoms with Gasteiger partial charge in [-0.3, -0.25) is 0 Å². The summed E-state index contributed by atoms with van der Waals surface area (Å²) < 4.78 is 5.12. The molecule has 1 heterocycles. The molecule has 2 N–H and O–H groups in total. The summed E-state index contributed by atoms with van der Waals surface area (Å²) in [4.78, 5) is 2.53. The summed E-state index contributed by atoms with van der Waals surface area (Å²) in [5, 5.41) is 13.6. The molecule has 0 amide bonds. The van der Waals surface area contributed by atoms with Gasteiger partial charge in [0, 0.05) is 30.3 Å². The van der Waals surface area contributed by atoms with Gasteiger partial charge in [-0.25, -0.2) is 0 Å². The van der Waals surface area contributed by atoms with Crippen LogP contribution in [0.1, 0.15) is 38.8 Å². The molecule has 0 spiro atoms. The fraction of sp³-hybridized carbons (Fsp3) is 0.647. The topological polar surface area (TPSA) is 44.7 Å². The van der Waals surface area contributed by atoms with Gasteiger partial charge in [-0.1, -0.05) is 6.07 Å². The molecule has 1 aromatic rings. The monoisotopic (exact) mass is 292 g/mol. The number of hydrogen-bond donors (Lipinski definition) is 2. The molecule has 0 aliphatic carbocycles. The number of benzene rings is 1. The molecule has 1 aliphatic heterocycles. The second-order valence-corrected chi connectivity index (χ2v) is 6.30. The highest BCUT2D eigenvalue weighted by Crippen LogP contribution is 2.28. The van der Waals surface area contributed by atoms with Gasteiger partial charge in [0.25, 0.3) is 0 Å². The smallest absolute Gasteiger partial charge is 0.124 e. The summed E-state index contributed by atoms with van der Waals surface area (Å²) in [7, 11) is 1.61. The summed E-state index contributed by atoms with van der Waals surface area (Å²) in [6.07, 6.45) is 1.26. The van der Waals surface area contributed by atoms with Crippen LogP contribution in [0.2, 0.25) is 0 Å². The number of phenolic OH excluding ortho intramolecular Hbond substituents is 1. The number of hydrogen-bond acceptors (Lipinski definition) is 4. The number of likely N-dealkylation sites (tertiary alicyclic amines) is 1. The normalized spacial score (nSPS) is 20.9. The number of methoxy groups -OCH3 is 1. The van der Waals surface area contributed by atoms with Crippen LogP contribution < -0.4 is 10.1 Å². The minimum atomic E-state index is 0.143. The molecule has 0 radical (unpaired) electrons. The van der Waals surface area contributed by atoms with Gasteiger partial charge < -0.3 is 20.1 Å². The molecule has 1 aromatic carbocycles. The minimum Gasteiger partial charge on any atom is -0.507 e. The SMILES string of the molecule is COc1ccc(C(C)NCC2CCN(C(C)C)C2)c(O)c1. The Morgan fingerprint density at radius 1 is 1.38 bits per heavy atom. The minimum absolute atomic E-state index is 0.143. The number of rotatable bonds is 6. The van der Waals surface area contributed by atoms with Gasteiger partial charge >= 0.3 is 0 Å². The van der Waals surface area contributed by atoms with Crippen LogP contribution in [0, 0.1) is 5.92 Å². The Balaban J connectivity index is 1.86. The van der Waals surface area contributed by atoms with Crippen LogP contribution >= 0.6 is 0 Å². The van der Waals surface area contributed by atoms with Crippen molar-refractivity contribution in [3.8, 4) is 11.5 Å². The molecule has 1 fully saturated rings. The zero-order valence-electron chi connectivity index (χ0n) is 13.6. The van der Waals surface area contributed by atoms with E-state index in [-0.39, 0.29) is 6.04 Å². The molecule has 118 valence electrons. The fourth-order valence-electron chi connectivity index (χ4n) is 2.97. The van der Waals surface area contributed by atoms with Gasteiger partial charge in [0.2, 0.25) is 0 Å². The standard InChI is InChI=1S/C17H28N2O2/c1-12(2)19-8-7-14(11-19)10-18-13(3)16-6-5-15(21-4)9-17(16)20/h5-6,9,12-14,18,20H,7-8,10-11H2,1-4H3. The summed E-state index contributed by atoms with van der Waals surface area (Å²) in [6.45, 7) is 9.98.